The Balaban J connectivity index is 2.02. The van der Waals surface area contributed by atoms with Crippen LogP contribution in [0, 0.1) is 0 Å². The molecule has 2 nitrogen and oxygen atoms in total. The van der Waals surface area contributed by atoms with Gasteiger partial charge >= 0.3 is 0 Å². The van der Waals surface area contributed by atoms with E-state index in [-0.39, 0.29) is 0 Å². The Hall–Kier alpha value is -0.380. The van der Waals surface area contributed by atoms with Gasteiger partial charge in [-0.15, -0.1) is 11.3 Å². The van der Waals surface area contributed by atoms with Crippen LogP contribution in [0.2, 0.25) is 0 Å². The Kier molecular flexibility index (Phi) is 3.14. The topological polar surface area (TPSA) is 29.3 Å². The third kappa shape index (κ3) is 2.41. The SMILES string of the molecule is CC1(C)CCCN1Cc1ccc(CN)s1. The van der Waals surface area contributed by atoms with Crippen LogP contribution in [0.3, 0.4) is 0 Å². The molecule has 1 saturated heterocycles. The number of rotatable bonds is 3. The third-order valence-electron chi connectivity index (χ3n) is 3.34. The molecule has 3 heteroatoms. The van der Waals surface area contributed by atoms with Crippen molar-refractivity contribution in [1.82, 2.24) is 4.90 Å². The van der Waals surface area contributed by atoms with E-state index in [1.807, 2.05) is 11.3 Å². The summed E-state index contributed by atoms with van der Waals surface area (Å²) in [7, 11) is 0. The second-order valence-corrected chi connectivity index (χ2v) is 6.16. The first-order valence-electron chi connectivity index (χ1n) is 5.64. The summed E-state index contributed by atoms with van der Waals surface area (Å²) in [4.78, 5) is 5.33. The summed E-state index contributed by atoms with van der Waals surface area (Å²) in [6.07, 6.45) is 2.66. The van der Waals surface area contributed by atoms with Crippen molar-refractivity contribution >= 4 is 11.3 Å². The molecule has 0 aliphatic carbocycles. The van der Waals surface area contributed by atoms with Gasteiger partial charge in [0.15, 0.2) is 0 Å². The Labute approximate surface area is 96.1 Å². The molecule has 0 bridgehead atoms. The molecule has 0 spiro atoms. The maximum absolute atomic E-state index is 5.62. The highest BCUT2D eigenvalue weighted by molar-refractivity contribution is 7.11. The van der Waals surface area contributed by atoms with E-state index < -0.39 is 0 Å². The summed E-state index contributed by atoms with van der Waals surface area (Å²) in [6.45, 7) is 7.70. The fraction of sp³-hybridized carbons (Fsp3) is 0.667. The summed E-state index contributed by atoms with van der Waals surface area (Å²) < 4.78 is 0. The summed E-state index contributed by atoms with van der Waals surface area (Å²) in [5.74, 6) is 0. The number of nitrogens with zero attached hydrogens (tertiary/aromatic N) is 1. The minimum absolute atomic E-state index is 0.382. The van der Waals surface area contributed by atoms with E-state index in [1.165, 1.54) is 29.1 Å². The monoisotopic (exact) mass is 224 g/mol. The third-order valence-corrected chi connectivity index (χ3v) is 4.43. The zero-order valence-corrected chi connectivity index (χ0v) is 10.4. The quantitative estimate of drug-likeness (QED) is 0.855. The zero-order chi connectivity index (χ0) is 10.9. The minimum atomic E-state index is 0.382. The molecule has 0 amide bonds. The largest absolute Gasteiger partial charge is 0.326 e. The maximum atomic E-state index is 5.62. The average molecular weight is 224 g/mol. The Morgan fingerprint density at radius 3 is 2.67 bits per heavy atom. The summed E-state index contributed by atoms with van der Waals surface area (Å²) in [5, 5.41) is 0. The molecule has 0 aromatic carbocycles. The van der Waals surface area contributed by atoms with Crippen LogP contribution in [0.5, 0.6) is 0 Å². The first-order chi connectivity index (χ1) is 7.12. The Morgan fingerprint density at radius 2 is 2.13 bits per heavy atom. The second kappa shape index (κ2) is 4.24. The van der Waals surface area contributed by atoms with Crippen molar-refractivity contribution in [3.63, 3.8) is 0 Å². The van der Waals surface area contributed by atoms with Gasteiger partial charge in [-0.2, -0.15) is 0 Å². The first-order valence-corrected chi connectivity index (χ1v) is 6.46. The lowest BCUT2D eigenvalue weighted by atomic mass is 10.0. The molecule has 1 aliphatic heterocycles. The van der Waals surface area contributed by atoms with Gasteiger partial charge in [0.05, 0.1) is 0 Å². The van der Waals surface area contributed by atoms with Gasteiger partial charge in [0.1, 0.15) is 0 Å². The molecule has 0 atom stereocenters. The molecule has 1 fully saturated rings. The molecule has 2 heterocycles. The second-order valence-electron chi connectivity index (χ2n) is 4.91. The molecule has 1 aromatic heterocycles. The predicted octanol–water partition coefficient (Wildman–Crippen LogP) is 2.58. The van der Waals surface area contributed by atoms with Crippen LogP contribution in [0.1, 0.15) is 36.4 Å². The average Bonchev–Trinajstić information content (AvgIpc) is 2.75. The molecule has 15 heavy (non-hydrogen) atoms. The van der Waals surface area contributed by atoms with Crippen molar-refractivity contribution < 1.29 is 0 Å². The maximum Gasteiger partial charge on any atom is 0.0333 e. The van der Waals surface area contributed by atoms with Crippen molar-refractivity contribution in [2.45, 2.75) is 45.3 Å². The smallest absolute Gasteiger partial charge is 0.0333 e. The van der Waals surface area contributed by atoms with Crippen LogP contribution in [0.4, 0.5) is 0 Å². The van der Waals surface area contributed by atoms with E-state index in [0.717, 1.165) is 6.54 Å². The number of hydrogen-bond donors (Lipinski definition) is 1. The highest BCUT2D eigenvalue weighted by atomic mass is 32.1. The van der Waals surface area contributed by atoms with Crippen molar-refractivity contribution in [3.05, 3.63) is 21.9 Å². The van der Waals surface area contributed by atoms with Crippen LogP contribution in [-0.4, -0.2) is 17.0 Å². The molecular formula is C12H20N2S. The summed E-state index contributed by atoms with van der Waals surface area (Å²) in [5.41, 5.74) is 6.00. The first kappa shape index (κ1) is 11.1. The molecule has 1 aliphatic rings. The van der Waals surface area contributed by atoms with Gasteiger partial charge in [-0.1, -0.05) is 0 Å². The van der Waals surface area contributed by atoms with Crippen LogP contribution in [-0.2, 0) is 13.1 Å². The van der Waals surface area contributed by atoms with Gasteiger partial charge in [0.25, 0.3) is 0 Å². The highest BCUT2D eigenvalue weighted by Crippen LogP contribution is 2.31. The van der Waals surface area contributed by atoms with Crippen LogP contribution >= 0.6 is 11.3 Å². The van der Waals surface area contributed by atoms with Crippen LogP contribution in [0.25, 0.3) is 0 Å². The van der Waals surface area contributed by atoms with Gasteiger partial charge in [0.2, 0.25) is 0 Å². The van der Waals surface area contributed by atoms with Gasteiger partial charge < -0.3 is 5.73 Å². The van der Waals surface area contributed by atoms with E-state index in [1.54, 1.807) is 0 Å². The molecule has 1 aromatic rings. The minimum Gasteiger partial charge on any atom is -0.326 e. The zero-order valence-electron chi connectivity index (χ0n) is 9.62. The van der Waals surface area contributed by atoms with E-state index >= 15 is 0 Å². The van der Waals surface area contributed by atoms with Gasteiger partial charge in [-0.25, -0.2) is 0 Å². The van der Waals surface area contributed by atoms with E-state index in [2.05, 4.69) is 30.9 Å². The predicted molar refractivity (Wildman–Crippen MR) is 65.9 cm³/mol. The van der Waals surface area contributed by atoms with E-state index in [4.69, 9.17) is 5.73 Å². The lowest BCUT2D eigenvalue weighted by molar-refractivity contribution is 0.168. The van der Waals surface area contributed by atoms with Crippen molar-refractivity contribution in [2.75, 3.05) is 6.54 Å². The standard InChI is InChI=1S/C12H20N2S/c1-12(2)6-3-7-14(12)9-11-5-4-10(8-13)15-11/h4-5H,3,6-9,13H2,1-2H3. The molecule has 0 saturated carbocycles. The van der Waals surface area contributed by atoms with Gasteiger partial charge in [-0.3, -0.25) is 4.90 Å². The summed E-state index contributed by atoms with van der Waals surface area (Å²) in [6, 6.07) is 4.38. The molecule has 0 unspecified atom stereocenters. The molecule has 84 valence electrons. The number of hydrogen-bond acceptors (Lipinski definition) is 3. The summed E-state index contributed by atoms with van der Waals surface area (Å²) >= 11 is 1.85. The lowest BCUT2D eigenvalue weighted by Crippen LogP contribution is -2.37. The lowest BCUT2D eigenvalue weighted by Gasteiger charge is -2.31. The normalized spacial score (nSPS) is 21.0. The fourth-order valence-corrected chi connectivity index (χ4v) is 3.17. The molecule has 2 N–H and O–H groups in total. The molecule has 2 rings (SSSR count). The highest BCUT2D eigenvalue weighted by Gasteiger charge is 2.31. The Morgan fingerprint density at radius 1 is 1.40 bits per heavy atom. The van der Waals surface area contributed by atoms with Crippen molar-refractivity contribution in [1.29, 1.82) is 0 Å². The van der Waals surface area contributed by atoms with Gasteiger partial charge in [-0.05, 0) is 45.4 Å². The molecular weight excluding hydrogens is 204 g/mol. The number of nitrogens with two attached hydrogens (primary N) is 1. The van der Waals surface area contributed by atoms with Crippen LogP contribution < -0.4 is 5.73 Å². The van der Waals surface area contributed by atoms with E-state index in [9.17, 15) is 0 Å². The van der Waals surface area contributed by atoms with Crippen LogP contribution in [0.15, 0.2) is 12.1 Å². The van der Waals surface area contributed by atoms with Gasteiger partial charge in [0, 0.05) is 28.4 Å². The Bertz CT molecular complexity index is 330. The molecule has 0 radical (unpaired) electrons. The van der Waals surface area contributed by atoms with Crippen molar-refractivity contribution in [2.24, 2.45) is 5.73 Å². The van der Waals surface area contributed by atoms with E-state index in [0.29, 0.717) is 12.1 Å². The van der Waals surface area contributed by atoms with Crippen molar-refractivity contribution in [3.8, 4) is 0 Å². The fourth-order valence-electron chi connectivity index (χ4n) is 2.26. The number of thiophene rings is 1. The number of likely N-dealkylation sites (tertiary alicyclic amines) is 1.